The van der Waals surface area contributed by atoms with Crippen LogP contribution in [0.5, 0.6) is 0 Å². The van der Waals surface area contributed by atoms with Crippen molar-refractivity contribution >= 4 is 51.4 Å². The fourth-order valence-electron chi connectivity index (χ4n) is 3.47. The smallest absolute Gasteiger partial charge is 0.351 e. The molecule has 4 rings (SSSR count). The van der Waals surface area contributed by atoms with Crippen molar-refractivity contribution < 1.29 is 46.0 Å². The molecule has 0 aliphatic carbocycles. The maximum absolute atomic E-state index is 14.6. The summed E-state index contributed by atoms with van der Waals surface area (Å²) >= 11 is 0.616. The minimum absolute atomic E-state index is 0.0473. The van der Waals surface area contributed by atoms with Crippen LogP contribution in [0.25, 0.3) is 11.0 Å². The van der Waals surface area contributed by atoms with Crippen molar-refractivity contribution in [1.29, 1.82) is 0 Å². The number of hydrogen-bond donors (Lipinski definition) is 1. The SMILES string of the molecule is O=C1CC(=O)C(Cc2cc(F)c3onc(N4C[C@H](COC(F)(F)F)SC4=O)c3c2)C(=O)N1. The number of alkyl halides is 3. The molecule has 9 nitrogen and oxygen atoms in total. The molecule has 1 unspecified atom stereocenters. The molecule has 170 valence electrons. The number of ketones is 1. The van der Waals surface area contributed by atoms with E-state index in [2.05, 4.69) is 9.89 Å². The zero-order valence-electron chi connectivity index (χ0n) is 15.9. The van der Waals surface area contributed by atoms with Crippen LogP contribution in [-0.2, 0) is 25.5 Å². The van der Waals surface area contributed by atoms with Crippen LogP contribution in [0.2, 0.25) is 0 Å². The molecule has 0 spiro atoms. The first-order chi connectivity index (χ1) is 15.0. The number of Topliss-reactive ketones (excluding diaryl/α,β-unsaturated/α-hetero) is 1. The molecule has 3 amide bonds. The lowest BCUT2D eigenvalue weighted by Crippen LogP contribution is -2.46. The molecule has 0 bridgehead atoms. The molecular formula is C18H13F4N3O6S. The number of benzene rings is 1. The Morgan fingerprint density at radius 3 is 2.69 bits per heavy atom. The topological polar surface area (TPSA) is 119 Å². The number of ether oxygens (including phenoxy) is 1. The first-order valence-corrected chi connectivity index (χ1v) is 10.0. The second kappa shape index (κ2) is 8.16. The third-order valence-corrected chi connectivity index (χ3v) is 5.91. The Bertz CT molecular complexity index is 1110. The van der Waals surface area contributed by atoms with Gasteiger partial charge in [-0.3, -0.25) is 34.1 Å². The second-order valence-electron chi connectivity index (χ2n) is 7.15. The molecule has 0 radical (unpaired) electrons. The minimum Gasteiger partial charge on any atom is -0.351 e. The largest absolute Gasteiger partial charge is 0.522 e. The molecule has 2 fully saturated rings. The van der Waals surface area contributed by atoms with E-state index in [-0.39, 0.29) is 35.3 Å². The third-order valence-electron chi connectivity index (χ3n) is 4.87. The van der Waals surface area contributed by atoms with E-state index in [0.717, 1.165) is 11.0 Å². The Labute approximate surface area is 180 Å². The third kappa shape index (κ3) is 4.46. The van der Waals surface area contributed by atoms with Crippen molar-refractivity contribution in [2.24, 2.45) is 5.92 Å². The number of rotatable bonds is 5. The van der Waals surface area contributed by atoms with Gasteiger partial charge in [0.1, 0.15) is 5.92 Å². The number of aromatic nitrogens is 1. The number of piperidine rings is 1. The van der Waals surface area contributed by atoms with Gasteiger partial charge in [0, 0.05) is 6.54 Å². The Morgan fingerprint density at radius 2 is 2.00 bits per heavy atom. The van der Waals surface area contributed by atoms with Crippen LogP contribution >= 0.6 is 11.8 Å². The highest BCUT2D eigenvalue weighted by Crippen LogP contribution is 2.36. The number of fused-ring (bicyclic) bond motifs is 1. The number of carbonyl (C=O) groups is 4. The molecule has 2 atom stereocenters. The van der Waals surface area contributed by atoms with Gasteiger partial charge in [0.05, 0.1) is 23.7 Å². The Morgan fingerprint density at radius 1 is 1.25 bits per heavy atom. The zero-order valence-corrected chi connectivity index (χ0v) is 16.7. The number of amides is 3. The molecule has 1 N–H and O–H groups in total. The van der Waals surface area contributed by atoms with E-state index in [1.165, 1.54) is 6.07 Å². The summed E-state index contributed by atoms with van der Waals surface area (Å²) in [6.45, 7) is -0.942. The highest BCUT2D eigenvalue weighted by atomic mass is 32.2. The molecule has 1 aromatic carbocycles. The lowest BCUT2D eigenvalue weighted by molar-refractivity contribution is -0.323. The van der Waals surface area contributed by atoms with Gasteiger partial charge in [0.2, 0.25) is 17.4 Å². The summed E-state index contributed by atoms with van der Waals surface area (Å²) in [6, 6.07) is 2.41. The Kier molecular flexibility index (Phi) is 5.67. The van der Waals surface area contributed by atoms with Crippen LogP contribution in [0, 0.1) is 11.7 Å². The summed E-state index contributed by atoms with van der Waals surface area (Å²) in [7, 11) is 0. The van der Waals surface area contributed by atoms with E-state index >= 15 is 0 Å². The highest BCUT2D eigenvalue weighted by Gasteiger charge is 2.39. The Balaban J connectivity index is 1.58. The van der Waals surface area contributed by atoms with Crippen LogP contribution < -0.4 is 10.2 Å². The predicted octanol–water partition coefficient (Wildman–Crippen LogP) is 2.32. The van der Waals surface area contributed by atoms with Crippen molar-refractivity contribution in [1.82, 2.24) is 10.5 Å². The van der Waals surface area contributed by atoms with Crippen molar-refractivity contribution in [2.45, 2.75) is 24.5 Å². The molecule has 14 heteroatoms. The first-order valence-electron chi connectivity index (χ1n) is 9.15. The number of anilines is 1. The summed E-state index contributed by atoms with van der Waals surface area (Å²) in [6.07, 6.45) is -5.52. The van der Waals surface area contributed by atoms with Crippen LogP contribution in [0.3, 0.4) is 0 Å². The second-order valence-corrected chi connectivity index (χ2v) is 8.40. The van der Waals surface area contributed by atoms with Gasteiger partial charge in [0.25, 0.3) is 5.24 Å². The average Bonchev–Trinajstić information content (AvgIpc) is 3.26. The monoisotopic (exact) mass is 475 g/mol. The lowest BCUT2D eigenvalue weighted by atomic mass is 9.89. The first kappa shape index (κ1) is 22.2. The number of halogens is 4. The zero-order chi connectivity index (χ0) is 23.2. The van der Waals surface area contributed by atoms with E-state index in [1.54, 1.807) is 0 Å². The van der Waals surface area contributed by atoms with Crippen molar-refractivity contribution in [3.63, 3.8) is 0 Å². The van der Waals surface area contributed by atoms with Gasteiger partial charge in [-0.05, 0) is 24.1 Å². The number of hydrogen-bond acceptors (Lipinski definition) is 8. The summed E-state index contributed by atoms with van der Waals surface area (Å²) in [5.74, 6) is -4.29. The van der Waals surface area contributed by atoms with Gasteiger partial charge < -0.3 is 4.52 Å². The molecule has 2 aromatic rings. The summed E-state index contributed by atoms with van der Waals surface area (Å²) in [5.41, 5.74) is -0.0929. The summed E-state index contributed by atoms with van der Waals surface area (Å²) in [5, 5.41) is 4.31. The number of nitrogens with zero attached hydrogens (tertiary/aromatic N) is 2. The summed E-state index contributed by atoms with van der Waals surface area (Å²) in [4.78, 5) is 48.7. The van der Waals surface area contributed by atoms with Gasteiger partial charge in [-0.15, -0.1) is 13.2 Å². The van der Waals surface area contributed by atoms with Gasteiger partial charge in [-0.2, -0.15) is 0 Å². The quantitative estimate of drug-likeness (QED) is 0.398. The maximum atomic E-state index is 14.6. The average molecular weight is 475 g/mol. The van der Waals surface area contributed by atoms with E-state index in [9.17, 15) is 36.7 Å². The molecule has 2 aliphatic heterocycles. The van der Waals surface area contributed by atoms with Crippen molar-refractivity contribution in [3.8, 4) is 0 Å². The van der Waals surface area contributed by atoms with Crippen LogP contribution in [0.1, 0.15) is 12.0 Å². The maximum Gasteiger partial charge on any atom is 0.522 e. The molecule has 0 saturated carbocycles. The van der Waals surface area contributed by atoms with Crippen molar-refractivity contribution in [2.75, 3.05) is 18.1 Å². The normalized spacial score (nSPS) is 22.2. The minimum atomic E-state index is -4.84. The highest BCUT2D eigenvalue weighted by molar-refractivity contribution is 8.14. The van der Waals surface area contributed by atoms with Gasteiger partial charge >= 0.3 is 6.36 Å². The molecular weight excluding hydrogens is 462 g/mol. The number of carbonyl (C=O) groups excluding carboxylic acids is 4. The van der Waals surface area contributed by atoms with Crippen molar-refractivity contribution in [3.05, 3.63) is 23.5 Å². The molecule has 2 saturated heterocycles. The van der Waals surface area contributed by atoms with E-state index < -0.39 is 59.2 Å². The number of imide groups is 1. The fraction of sp³-hybridized carbons (Fsp3) is 0.389. The fourth-order valence-corrected chi connectivity index (χ4v) is 4.40. The molecule has 32 heavy (non-hydrogen) atoms. The number of thioether (sulfide) groups is 1. The number of nitrogens with one attached hydrogen (secondary N) is 1. The lowest BCUT2D eigenvalue weighted by Gasteiger charge is -2.19. The van der Waals surface area contributed by atoms with E-state index in [4.69, 9.17) is 4.52 Å². The Hall–Kier alpha value is -3.00. The van der Waals surface area contributed by atoms with Crippen LogP contribution in [0.15, 0.2) is 16.7 Å². The van der Waals surface area contributed by atoms with Gasteiger partial charge in [-0.1, -0.05) is 16.9 Å². The van der Waals surface area contributed by atoms with Gasteiger partial charge in [0.15, 0.2) is 17.4 Å². The standard InChI is InChI=1S/C18H13F4N3O6S/c19-11-3-7(1-9-12(26)4-13(27)23-16(9)28)2-10-14(11)31-24-15(10)25-5-8(32-17(25)29)6-30-18(20,21)22/h2-3,8-9H,1,4-6H2,(H,23,27,28)/t8-,9?/m1/s1. The van der Waals surface area contributed by atoms with E-state index in [1.807, 2.05) is 5.32 Å². The molecule has 2 aliphatic rings. The van der Waals surface area contributed by atoms with Gasteiger partial charge in [-0.25, -0.2) is 4.39 Å². The van der Waals surface area contributed by atoms with E-state index in [0.29, 0.717) is 11.8 Å². The predicted molar refractivity (Wildman–Crippen MR) is 100 cm³/mol. The van der Waals surface area contributed by atoms with Crippen LogP contribution in [-0.4, -0.2) is 52.8 Å². The molecule has 1 aromatic heterocycles. The molecule has 3 heterocycles. The summed E-state index contributed by atoms with van der Waals surface area (Å²) < 4.78 is 60.1. The van der Waals surface area contributed by atoms with Crippen LogP contribution in [0.4, 0.5) is 28.2 Å².